The molecule has 2 atom stereocenters. The first-order chi connectivity index (χ1) is 6.11. The summed E-state index contributed by atoms with van der Waals surface area (Å²) in [7, 11) is 1.44. The van der Waals surface area contributed by atoms with Crippen LogP contribution in [0.4, 0.5) is 0 Å². The Balaban J connectivity index is 2.37. The van der Waals surface area contributed by atoms with Gasteiger partial charge in [0.05, 0.1) is 13.7 Å². The van der Waals surface area contributed by atoms with Crippen LogP contribution < -0.4 is 0 Å². The molecule has 2 unspecified atom stereocenters. The monoisotopic (exact) mass is 185 g/mol. The van der Waals surface area contributed by atoms with E-state index in [1.54, 1.807) is 0 Å². The topological polar surface area (TPSA) is 29.5 Å². The molecule has 0 saturated carbocycles. The van der Waals surface area contributed by atoms with Gasteiger partial charge in [0.2, 0.25) is 0 Å². The predicted octanol–water partition coefficient (Wildman–Crippen LogP) is 1.14. The zero-order chi connectivity index (χ0) is 9.84. The normalized spacial score (nSPS) is 30.1. The van der Waals surface area contributed by atoms with Gasteiger partial charge in [-0.1, -0.05) is 13.8 Å². The molecular weight excluding hydrogens is 166 g/mol. The molecule has 13 heavy (non-hydrogen) atoms. The van der Waals surface area contributed by atoms with Crippen molar-refractivity contribution in [1.82, 2.24) is 4.90 Å². The summed E-state index contributed by atoms with van der Waals surface area (Å²) < 4.78 is 4.64. The molecule has 1 aliphatic heterocycles. The minimum atomic E-state index is -0.124. The van der Waals surface area contributed by atoms with Gasteiger partial charge in [-0.2, -0.15) is 0 Å². The van der Waals surface area contributed by atoms with Crippen molar-refractivity contribution in [1.29, 1.82) is 0 Å². The Labute approximate surface area is 80.1 Å². The van der Waals surface area contributed by atoms with E-state index in [1.807, 2.05) is 0 Å². The molecule has 1 saturated heterocycles. The van der Waals surface area contributed by atoms with E-state index in [1.165, 1.54) is 13.5 Å². The molecule has 1 fully saturated rings. The Morgan fingerprint density at radius 2 is 1.92 bits per heavy atom. The number of likely N-dealkylation sites (tertiary alicyclic amines) is 1. The average Bonchev–Trinajstić information content (AvgIpc) is 2.02. The summed E-state index contributed by atoms with van der Waals surface area (Å²) in [5, 5.41) is 0. The number of esters is 1. The minimum Gasteiger partial charge on any atom is -0.468 e. The highest BCUT2D eigenvalue weighted by atomic mass is 16.5. The number of ether oxygens (including phenoxy) is 1. The van der Waals surface area contributed by atoms with Crippen LogP contribution in [0.3, 0.4) is 0 Å². The summed E-state index contributed by atoms with van der Waals surface area (Å²) in [5.41, 5.74) is 0. The van der Waals surface area contributed by atoms with Crippen molar-refractivity contribution in [2.24, 2.45) is 11.8 Å². The number of methoxy groups -OCH3 is 1. The van der Waals surface area contributed by atoms with Gasteiger partial charge in [0.1, 0.15) is 0 Å². The van der Waals surface area contributed by atoms with Crippen LogP contribution in [0.15, 0.2) is 0 Å². The lowest BCUT2D eigenvalue weighted by Gasteiger charge is -2.33. The van der Waals surface area contributed by atoms with Gasteiger partial charge in [-0.3, -0.25) is 9.69 Å². The maximum Gasteiger partial charge on any atom is 0.319 e. The van der Waals surface area contributed by atoms with E-state index in [2.05, 4.69) is 23.5 Å². The van der Waals surface area contributed by atoms with E-state index < -0.39 is 0 Å². The molecule has 0 spiro atoms. The molecule has 0 radical (unpaired) electrons. The average molecular weight is 185 g/mol. The molecule has 0 bridgehead atoms. The second-order valence-electron chi connectivity index (χ2n) is 4.22. The van der Waals surface area contributed by atoms with Gasteiger partial charge in [0.15, 0.2) is 0 Å². The molecule has 0 aromatic carbocycles. The fourth-order valence-corrected chi connectivity index (χ4v) is 2.17. The summed E-state index contributed by atoms with van der Waals surface area (Å²) in [6.07, 6.45) is 1.28. The molecule has 0 aliphatic carbocycles. The fourth-order valence-electron chi connectivity index (χ4n) is 2.17. The van der Waals surface area contributed by atoms with Crippen molar-refractivity contribution >= 4 is 5.97 Å². The lowest BCUT2D eigenvalue weighted by atomic mass is 9.92. The Hall–Kier alpha value is -0.570. The van der Waals surface area contributed by atoms with Crippen molar-refractivity contribution in [3.8, 4) is 0 Å². The molecule has 0 aromatic heterocycles. The zero-order valence-electron chi connectivity index (χ0n) is 8.75. The molecule has 0 aromatic rings. The summed E-state index contributed by atoms with van der Waals surface area (Å²) >= 11 is 0. The molecule has 0 amide bonds. The highest BCUT2D eigenvalue weighted by Gasteiger charge is 2.23. The Morgan fingerprint density at radius 3 is 2.38 bits per heavy atom. The maximum atomic E-state index is 11.0. The first kappa shape index (κ1) is 10.5. The Morgan fingerprint density at radius 1 is 1.38 bits per heavy atom. The van der Waals surface area contributed by atoms with Gasteiger partial charge in [0, 0.05) is 13.1 Å². The number of nitrogens with zero attached hydrogens (tertiary/aromatic N) is 1. The standard InChI is InChI=1S/C10H19NO2/c1-8-4-9(2)6-11(5-8)7-10(12)13-3/h8-9H,4-7H2,1-3H3. The Kier molecular flexibility index (Phi) is 3.72. The first-order valence-electron chi connectivity index (χ1n) is 4.91. The first-order valence-corrected chi connectivity index (χ1v) is 4.91. The van der Waals surface area contributed by atoms with E-state index in [4.69, 9.17) is 0 Å². The number of piperidine rings is 1. The number of rotatable bonds is 2. The van der Waals surface area contributed by atoms with Crippen molar-refractivity contribution in [2.45, 2.75) is 20.3 Å². The molecular formula is C10H19NO2. The van der Waals surface area contributed by atoms with Gasteiger partial charge >= 0.3 is 5.97 Å². The minimum absolute atomic E-state index is 0.124. The quantitative estimate of drug-likeness (QED) is 0.604. The van der Waals surface area contributed by atoms with Crippen molar-refractivity contribution in [3.63, 3.8) is 0 Å². The van der Waals surface area contributed by atoms with Crippen molar-refractivity contribution in [3.05, 3.63) is 0 Å². The van der Waals surface area contributed by atoms with Crippen LogP contribution in [-0.2, 0) is 9.53 Å². The molecule has 1 aliphatic rings. The SMILES string of the molecule is COC(=O)CN1CC(C)CC(C)C1. The van der Waals surface area contributed by atoms with Crippen LogP contribution in [-0.4, -0.2) is 37.6 Å². The zero-order valence-corrected chi connectivity index (χ0v) is 8.75. The smallest absolute Gasteiger partial charge is 0.319 e. The summed E-state index contributed by atoms with van der Waals surface area (Å²) in [4.78, 5) is 13.2. The van der Waals surface area contributed by atoms with Crippen molar-refractivity contribution < 1.29 is 9.53 Å². The third-order valence-electron chi connectivity index (χ3n) is 2.52. The molecule has 1 heterocycles. The molecule has 3 nitrogen and oxygen atoms in total. The highest BCUT2D eigenvalue weighted by Crippen LogP contribution is 2.20. The molecule has 3 heteroatoms. The van der Waals surface area contributed by atoms with Crippen LogP contribution in [0.5, 0.6) is 0 Å². The third-order valence-corrected chi connectivity index (χ3v) is 2.52. The van der Waals surface area contributed by atoms with Gasteiger partial charge in [-0.25, -0.2) is 0 Å². The molecule has 0 N–H and O–H groups in total. The Bertz CT molecular complexity index is 172. The summed E-state index contributed by atoms with van der Waals surface area (Å²) in [6.45, 7) is 6.98. The fraction of sp³-hybridized carbons (Fsp3) is 0.900. The number of carbonyl (C=O) groups is 1. The third kappa shape index (κ3) is 3.35. The predicted molar refractivity (Wildman–Crippen MR) is 51.4 cm³/mol. The van der Waals surface area contributed by atoms with Crippen LogP contribution in [0.25, 0.3) is 0 Å². The van der Waals surface area contributed by atoms with E-state index in [-0.39, 0.29) is 5.97 Å². The summed E-state index contributed by atoms with van der Waals surface area (Å²) in [5.74, 6) is 1.28. The summed E-state index contributed by atoms with van der Waals surface area (Å²) in [6, 6.07) is 0. The van der Waals surface area contributed by atoms with E-state index >= 15 is 0 Å². The number of hydrogen-bond acceptors (Lipinski definition) is 3. The van der Waals surface area contributed by atoms with Crippen LogP contribution in [0.2, 0.25) is 0 Å². The second-order valence-corrected chi connectivity index (χ2v) is 4.22. The van der Waals surface area contributed by atoms with Crippen LogP contribution in [0.1, 0.15) is 20.3 Å². The van der Waals surface area contributed by atoms with E-state index in [0.717, 1.165) is 13.1 Å². The lowest BCUT2D eigenvalue weighted by molar-refractivity contribution is -0.142. The maximum absolute atomic E-state index is 11.0. The van der Waals surface area contributed by atoms with Crippen LogP contribution in [0, 0.1) is 11.8 Å². The molecule has 76 valence electrons. The van der Waals surface area contributed by atoms with Gasteiger partial charge in [-0.15, -0.1) is 0 Å². The van der Waals surface area contributed by atoms with Gasteiger partial charge in [-0.05, 0) is 18.3 Å². The largest absolute Gasteiger partial charge is 0.468 e. The lowest BCUT2D eigenvalue weighted by Crippen LogP contribution is -2.41. The van der Waals surface area contributed by atoms with Crippen molar-refractivity contribution in [2.75, 3.05) is 26.7 Å². The van der Waals surface area contributed by atoms with E-state index in [0.29, 0.717) is 18.4 Å². The molecule has 1 rings (SSSR count). The number of hydrogen-bond donors (Lipinski definition) is 0. The van der Waals surface area contributed by atoms with Crippen LogP contribution >= 0.6 is 0 Å². The van der Waals surface area contributed by atoms with Gasteiger partial charge < -0.3 is 4.74 Å². The van der Waals surface area contributed by atoms with Gasteiger partial charge in [0.25, 0.3) is 0 Å². The van der Waals surface area contributed by atoms with E-state index in [9.17, 15) is 4.79 Å². The second kappa shape index (κ2) is 4.61. The number of carbonyl (C=O) groups excluding carboxylic acids is 1. The highest BCUT2D eigenvalue weighted by molar-refractivity contribution is 5.71.